The second-order valence-corrected chi connectivity index (χ2v) is 5.53. The fourth-order valence-corrected chi connectivity index (χ4v) is 2.56. The number of ether oxygens (including phenoxy) is 1. The fraction of sp³-hybridized carbons (Fsp3) is 0.647. The van der Waals surface area contributed by atoms with Crippen molar-refractivity contribution in [1.29, 1.82) is 0 Å². The highest BCUT2D eigenvalue weighted by molar-refractivity contribution is 5.31. The minimum atomic E-state index is 0.198. The Kier molecular flexibility index (Phi) is 7.63. The van der Waals surface area contributed by atoms with Crippen LogP contribution >= 0.6 is 0 Å². The molecule has 0 amide bonds. The number of nitrogens with two attached hydrogens (primary N) is 1. The maximum atomic E-state index is 6.04. The van der Waals surface area contributed by atoms with E-state index in [0.717, 1.165) is 31.7 Å². The molecule has 1 aromatic carbocycles. The summed E-state index contributed by atoms with van der Waals surface area (Å²) in [7, 11) is 0. The van der Waals surface area contributed by atoms with Crippen molar-refractivity contribution in [3.63, 3.8) is 0 Å². The third-order valence-corrected chi connectivity index (χ3v) is 3.30. The van der Waals surface area contributed by atoms with Crippen molar-refractivity contribution < 1.29 is 4.74 Å². The Balaban J connectivity index is 2.91. The molecule has 2 N–H and O–H groups in total. The first kappa shape index (κ1) is 17.0. The van der Waals surface area contributed by atoms with Crippen molar-refractivity contribution in [2.45, 2.75) is 52.7 Å². The summed E-state index contributed by atoms with van der Waals surface area (Å²) >= 11 is 0. The van der Waals surface area contributed by atoms with Crippen molar-refractivity contribution in [2.24, 2.45) is 5.73 Å². The van der Waals surface area contributed by atoms with Crippen LogP contribution < -0.4 is 10.5 Å². The molecule has 0 heterocycles. The van der Waals surface area contributed by atoms with Gasteiger partial charge in [0.1, 0.15) is 5.75 Å². The van der Waals surface area contributed by atoms with Crippen molar-refractivity contribution in [3.05, 3.63) is 29.8 Å². The minimum absolute atomic E-state index is 0.198. The normalized spacial score (nSPS) is 12.9. The summed E-state index contributed by atoms with van der Waals surface area (Å²) in [6, 6.07) is 8.65. The van der Waals surface area contributed by atoms with Crippen LogP contribution in [0, 0.1) is 0 Å². The van der Waals surface area contributed by atoms with Gasteiger partial charge >= 0.3 is 0 Å². The zero-order valence-corrected chi connectivity index (χ0v) is 13.4. The van der Waals surface area contributed by atoms with Crippen LogP contribution in [0.5, 0.6) is 5.75 Å². The quantitative estimate of drug-likeness (QED) is 0.750. The van der Waals surface area contributed by atoms with Crippen LogP contribution in [0.25, 0.3) is 0 Å². The molecule has 0 spiro atoms. The van der Waals surface area contributed by atoms with Crippen molar-refractivity contribution in [1.82, 2.24) is 4.90 Å². The molecule has 3 nitrogen and oxygen atoms in total. The molecule has 0 fully saturated rings. The van der Waals surface area contributed by atoms with Crippen LogP contribution in [-0.4, -0.2) is 30.6 Å². The highest BCUT2D eigenvalue weighted by atomic mass is 16.5. The zero-order valence-electron chi connectivity index (χ0n) is 13.4. The summed E-state index contributed by atoms with van der Waals surface area (Å²) in [5, 5.41) is 0. The Morgan fingerprint density at radius 3 is 2.30 bits per heavy atom. The van der Waals surface area contributed by atoms with E-state index in [2.05, 4.69) is 36.9 Å². The maximum absolute atomic E-state index is 6.04. The topological polar surface area (TPSA) is 38.5 Å². The lowest BCUT2D eigenvalue weighted by atomic mass is 10.0. The molecule has 0 radical (unpaired) electrons. The number of benzene rings is 1. The van der Waals surface area contributed by atoms with Crippen molar-refractivity contribution >= 4 is 0 Å². The highest BCUT2D eigenvalue weighted by Gasteiger charge is 2.18. The van der Waals surface area contributed by atoms with E-state index in [1.165, 1.54) is 5.56 Å². The summed E-state index contributed by atoms with van der Waals surface area (Å²) in [5.74, 6) is 0.934. The zero-order chi connectivity index (χ0) is 15.0. The molecule has 0 aliphatic carbocycles. The van der Waals surface area contributed by atoms with Crippen LogP contribution in [0.3, 0.4) is 0 Å². The van der Waals surface area contributed by atoms with Gasteiger partial charge in [-0.2, -0.15) is 0 Å². The van der Waals surface area contributed by atoms with E-state index in [4.69, 9.17) is 10.5 Å². The summed E-state index contributed by atoms with van der Waals surface area (Å²) < 4.78 is 5.79. The van der Waals surface area contributed by atoms with Crippen LogP contribution in [0.15, 0.2) is 24.3 Å². The first-order chi connectivity index (χ1) is 9.62. The molecule has 20 heavy (non-hydrogen) atoms. The number of nitrogens with zero attached hydrogens (tertiary/aromatic N) is 1. The van der Waals surface area contributed by atoms with Crippen LogP contribution in [0.1, 0.15) is 52.1 Å². The number of rotatable bonds is 9. The Morgan fingerprint density at radius 1 is 1.15 bits per heavy atom. The van der Waals surface area contributed by atoms with E-state index < -0.39 is 0 Å². The lowest BCUT2D eigenvalue weighted by molar-refractivity contribution is 0.200. The highest BCUT2D eigenvalue weighted by Crippen LogP contribution is 2.24. The largest absolute Gasteiger partial charge is 0.491 e. The van der Waals surface area contributed by atoms with Crippen molar-refractivity contribution in [2.75, 3.05) is 19.6 Å². The molecule has 0 aliphatic rings. The van der Waals surface area contributed by atoms with Gasteiger partial charge in [-0.15, -0.1) is 0 Å². The predicted octanol–water partition coefficient (Wildman–Crippen LogP) is 3.60. The summed E-state index contributed by atoms with van der Waals surface area (Å²) in [6.07, 6.45) is 2.50. The van der Waals surface area contributed by atoms with E-state index in [1.54, 1.807) is 0 Å². The Hall–Kier alpha value is -1.06. The molecule has 114 valence electrons. The average molecular weight is 278 g/mol. The maximum Gasteiger partial charge on any atom is 0.120 e. The lowest BCUT2D eigenvalue weighted by Crippen LogP contribution is -2.35. The van der Waals surface area contributed by atoms with E-state index in [0.29, 0.717) is 6.54 Å². The Bertz CT molecular complexity index is 373. The van der Waals surface area contributed by atoms with Gasteiger partial charge in [0, 0.05) is 12.6 Å². The van der Waals surface area contributed by atoms with Gasteiger partial charge in [-0.25, -0.2) is 0 Å². The SMILES string of the molecule is CCCN(CCC)C(CN)c1cccc(OC(C)C)c1. The standard InChI is InChI=1S/C17H30N2O/c1-5-10-19(11-6-2)17(13-18)15-8-7-9-16(12-15)20-14(3)4/h7-9,12,14,17H,5-6,10-11,13,18H2,1-4H3. The number of hydrogen-bond acceptors (Lipinski definition) is 3. The second-order valence-electron chi connectivity index (χ2n) is 5.53. The molecule has 1 unspecified atom stereocenters. The molecule has 1 aromatic rings. The molecule has 1 atom stereocenters. The first-order valence-corrected chi connectivity index (χ1v) is 7.83. The van der Waals surface area contributed by atoms with E-state index in [1.807, 2.05) is 19.9 Å². The Labute approximate surface area is 124 Å². The third kappa shape index (κ3) is 5.14. The van der Waals surface area contributed by atoms with Gasteiger partial charge in [0.15, 0.2) is 0 Å². The molecule has 0 bridgehead atoms. The molecule has 0 aliphatic heterocycles. The molecule has 1 rings (SSSR count). The monoisotopic (exact) mass is 278 g/mol. The van der Waals surface area contributed by atoms with Gasteiger partial charge in [0.2, 0.25) is 0 Å². The predicted molar refractivity (Wildman–Crippen MR) is 86.2 cm³/mol. The van der Waals surface area contributed by atoms with Gasteiger partial charge in [-0.05, 0) is 57.5 Å². The molecular formula is C17H30N2O. The third-order valence-electron chi connectivity index (χ3n) is 3.30. The molecular weight excluding hydrogens is 248 g/mol. The summed E-state index contributed by atoms with van der Waals surface area (Å²) in [6.45, 7) is 11.4. The van der Waals surface area contributed by atoms with Gasteiger partial charge in [0.25, 0.3) is 0 Å². The van der Waals surface area contributed by atoms with E-state index >= 15 is 0 Å². The first-order valence-electron chi connectivity index (χ1n) is 7.83. The van der Waals surface area contributed by atoms with Crippen LogP contribution in [0.2, 0.25) is 0 Å². The van der Waals surface area contributed by atoms with Crippen LogP contribution in [0.4, 0.5) is 0 Å². The summed E-state index contributed by atoms with van der Waals surface area (Å²) in [5.41, 5.74) is 7.29. The van der Waals surface area contributed by atoms with Gasteiger partial charge in [0.05, 0.1) is 6.10 Å². The average Bonchev–Trinajstić information content (AvgIpc) is 2.40. The van der Waals surface area contributed by atoms with Crippen molar-refractivity contribution in [3.8, 4) is 5.75 Å². The van der Waals surface area contributed by atoms with E-state index in [9.17, 15) is 0 Å². The fourth-order valence-electron chi connectivity index (χ4n) is 2.56. The number of hydrogen-bond donors (Lipinski definition) is 1. The van der Waals surface area contributed by atoms with E-state index in [-0.39, 0.29) is 12.1 Å². The molecule has 0 saturated heterocycles. The molecule has 3 heteroatoms. The molecule has 0 saturated carbocycles. The van der Waals surface area contributed by atoms with Gasteiger partial charge in [-0.3, -0.25) is 4.90 Å². The summed E-state index contributed by atoms with van der Waals surface area (Å²) in [4.78, 5) is 2.48. The van der Waals surface area contributed by atoms with Gasteiger partial charge < -0.3 is 10.5 Å². The van der Waals surface area contributed by atoms with Gasteiger partial charge in [-0.1, -0.05) is 26.0 Å². The minimum Gasteiger partial charge on any atom is -0.491 e. The molecule has 0 aromatic heterocycles. The van der Waals surface area contributed by atoms with Crippen LogP contribution in [-0.2, 0) is 0 Å². The lowest BCUT2D eigenvalue weighted by Gasteiger charge is -2.31. The second kappa shape index (κ2) is 8.98. The Morgan fingerprint density at radius 2 is 1.80 bits per heavy atom. The smallest absolute Gasteiger partial charge is 0.120 e.